The summed E-state index contributed by atoms with van der Waals surface area (Å²) < 4.78 is 2.12. The Hall–Kier alpha value is -1.39. The molecular formula is C14H20N4. The highest BCUT2D eigenvalue weighted by molar-refractivity contribution is 5.47. The van der Waals surface area contributed by atoms with Gasteiger partial charge in [-0.05, 0) is 32.0 Å². The van der Waals surface area contributed by atoms with Gasteiger partial charge in [0.05, 0.1) is 5.69 Å². The maximum Gasteiger partial charge on any atom is 0.139 e. The molecule has 4 nitrogen and oxygen atoms in total. The number of aryl methyl sites for hydroxylation is 1. The van der Waals surface area contributed by atoms with Crippen LogP contribution >= 0.6 is 0 Å². The zero-order valence-electron chi connectivity index (χ0n) is 11.1. The zero-order chi connectivity index (χ0) is 12.5. The van der Waals surface area contributed by atoms with E-state index < -0.39 is 0 Å². The number of fused-ring (bicyclic) bond motifs is 1. The van der Waals surface area contributed by atoms with Crippen molar-refractivity contribution in [3.05, 3.63) is 35.8 Å². The lowest BCUT2D eigenvalue weighted by Gasteiger charge is -2.13. The third-order valence-corrected chi connectivity index (χ3v) is 3.79. The second kappa shape index (κ2) is 4.71. The Balaban J connectivity index is 1.77. The van der Waals surface area contributed by atoms with Crippen molar-refractivity contribution in [2.24, 2.45) is 0 Å². The Morgan fingerprint density at radius 2 is 2.39 bits per heavy atom. The van der Waals surface area contributed by atoms with Crippen molar-refractivity contribution in [3.63, 3.8) is 0 Å². The smallest absolute Gasteiger partial charge is 0.139 e. The van der Waals surface area contributed by atoms with E-state index in [1.165, 1.54) is 24.2 Å². The first kappa shape index (κ1) is 11.7. The number of pyridine rings is 1. The molecule has 1 atom stereocenters. The highest BCUT2D eigenvalue weighted by Gasteiger charge is 2.21. The molecule has 1 aliphatic rings. The maximum atomic E-state index is 4.73. The lowest BCUT2D eigenvalue weighted by molar-refractivity contribution is 0.319. The summed E-state index contributed by atoms with van der Waals surface area (Å²) in [5.74, 6) is 0. The summed E-state index contributed by atoms with van der Waals surface area (Å²) in [7, 11) is 2.04. The molecule has 4 heteroatoms. The Morgan fingerprint density at radius 3 is 3.11 bits per heavy atom. The molecule has 18 heavy (non-hydrogen) atoms. The second-order valence-corrected chi connectivity index (χ2v) is 5.16. The van der Waals surface area contributed by atoms with Crippen molar-refractivity contribution in [1.29, 1.82) is 0 Å². The lowest BCUT2D eigenvalue weighted by Crippen LogP contribution is -2.29. The summed E-state index contributed by atoms with van der Waals surface area (Å²) in [5.41, 5.74) is 3.48. The zero-order valence-corrected chi connectivity index (χ0v) is 11.1. The first-order valence-electron chi connectivity index (χ1n) is 6.59. The Labute approximate surface area is 108 Å². The van der Waals surface area contributed by atoms with Crippen LogP contribution in [0.1, 0.15) is 17.7 Å². The van der Waals surface area contributed by atoms with E-state index >= 15 is 0 Å². The first-order valence-corrected chi connectivity index (χ1v) is 6.59. The van der Waals surface area contributed by atoms with E-state index in [4.69, 9.17) is 4.98 Å². The molecule has 1 saturated heterocycles. The SMILES string of the molecule is CNC1CCN(Cc2cn3cccc(C)c3n2)C1. The number of rotatable bonds is 3. The van der Waals surface area contributed by atoms with Gasteiger partial charge in [0.2, 0.25) is 0 Å². The number of likely N-dealkylation sites (tertiary alicyclic amines) is 1. The molecule has 1 aliphatic heterocycles. The number of nitrogens with one attached hydrogen (secondary N) is 1. The van der Waals surface area contributed by atoms with Crippen molar-refractivity contribution < 1.29 is 0 Å². The third-order valence-electron chi connectivity index (χ3n) is 3.79. The topological polar surface area (TPSA) is 32.6 Å². The first-order chi connectivity index (χ1) is 8.76. The second-order valence-electron chi connectivity index (χ2n) is 5.16. The van der Waals surface area contributed by atoms with Crippen molar-refractivity contribution >= 4 is 5.65 Å². The van der Waals surface area contributed by atoms with Gasteiger partial charge < -0.3 is 9.72 Å². The summed E-state index contributed by atoms with van der Waals surface area (Å²) in [5, 5.41) is 3.35. The molecule has 96 valence electrons. The minimum atomic E-state index is 0.642. The van der Waals surface area contributed by atoms with Crippen LogP contribution in [0.2, 0.25) is 0 Å². The van der Waals surface area contributed by atoms with Crippen LogP contribution in [0.3, 0.4) is 0 Å². The highest BCUT2D eigenvalue weighted by Crippen LogP contribution is 2.15. The van der Waals surface area contributed by atoms with Crippen LogP contribution in [0, 0.1) is 6.92 Å². The summed E-state index contributed by atoms with van der Waals surface area (Å²) in [6, 6.07) is 4.82. The number of nitrogens with zero attached hydrogens (tertiary/aromatic N) is 3. The van der Waals surface area contributed by atoms with Gasteiger partial charge in [-0.1, -0.05) is 6.07 Å². The number of aromatic nitrogens is 2. The standard InChI is InChI=1S/C14H20N4/c1-11-4-3-6-18-10-13(16-14(11)18)9-17-7-5-12(8-17)15-2/h3-4,6,10,12,15H,5,7-9H2,1-2H3. The average Bonchev–Trinajstić information content (AvgIpc) is 2.96. The van der Waals surface area contributed by atoms with Crippen LogP contribution in [0.5, 0.6) is 0 Å². The average molecular weight is 244 g/mol. The molecule has 1 N–H and O–H groups in total. The molecular weight excluding hydrogens is 224 g/mol. The molecule has 1 unspecified atom stereocenters. The Kier molecular flexibility index (Phi) is 3.06. The van der Waals surface area contributed by atoms with Crippen molar-refractivity contribution in [2.45, 2.75) is 25.9 Å². The fourth-order valence-corrected chi connectivity index (χ4v) is 2.72. The van der Waals surface area contributed by atoms with E-state index in [1.54, 1.807) is 0 Å². The summed E-state index contributed by atoms with van der Waals surface area (Å²) in [6.07, 6.45) is 5.46. The molecule has 0 saturated carbocycles. The Bertz CT molecular complexity index is 546. The molecule has 3 heterocycles. The third kappa shape index (κ3) is 2.13. The lowest BCUT2D eigenvalue weighted by atomic mass is 10.3. The predicted octanol–water partition coefficient (Wildman–Crippen LogP) is 1.44. The molecule has 0 radical (unpaired) electrons. The molecule has 0 amide bonds. The summed E-state index contributed by atoms with van der Waals surface area (Å²) >= 11 is 0. The minimum Gasteiger partial charge on any atom is -0.316 e. The molecule has 0 aromatic carbocycles. The van der Waals surface area contributed by atoms with Gasteiger partial charge in [0, 0.05) is 38.1 Å². The predicted molar refractivity (Wildman–Crippen MR) is 72.7 cm³/mol. The molecule has 0 bridgehead atoms. The normalized spacial score (nSPS) is 20.9. The molecule has 2 aromatic heterocycles. The Morgan fingerprint density at radius 1 is 1.50 bits per heavy atom. The number of imidazole rings is 1. The summed E-state index contributed by atoms with van der Waals surface area (Å²) in [4.78, 5) is 7.20. The van der Waals surface area contributed by atoms with E-state index in [0.717, 1.165) is 18.7 Å². The van der Waals surface area contributed by atoms with Crippen molar-refractivity contribution in [1.82, 2.24) is 19.6 Å². The largest absolute Gasteiger partial charge is 0.316 e. The van der Waals surface area contributed by atoms with E-state index in [2.05, 4.69) is 46.1 Å². The van der Waals surface area contributed by atoms with Crippen LogP contribution < -0.4 is 5.32 Å². The van der Waals surface area contributed by atoms with Crippen molar-refractivity contribution in [3.8, 4) is 0 Å². The van der Waals surface area contributed by atoms with Gasteiger partial charge in [-0.15, -0.1) is 0 Å². The van der Waals surface area contributed by atoms with Gasteiger partial charge in [-0.2, -0.15) is 0 Å². The highest BCUT2D eigenvalue weighted by atomic mass is 15.2. The van der Waals surface area contributed by atoms with Gasteiger partial charge in [0.1, 0.15) is 5.65 Å². The molecule has 0 aliphatic carbocycles. The quantitative estimate of drug-likeness (QED) is 0.886. The monoisotopic (exact) mass is 244 g/mol. The summed E-state index contributed by atoms with van der Waals surface area (Å²) in [6.45, 7) is 5.36. The molecule has 3 rings (SSSR count). The maximum absolute atomic E-state index is 4.73. The minimum absolute atomic E-state index is 0.642. The van der Waals surface area contributed by atoms with Gasteiger partial charge in [-0.25, -0.2) is 4.98 Å². The van der Waals surface area contributed by atoms with Gasteiger partial charge >= 0.3 is 0 Å². The van der Waals surface area contributed by atoms with Crippen LogP contribution in [0.4, 0.5) is 0 Å². The number of likely N-dealkylation sites (N-methyl/N-ethyl adjacent to an activating group) is 1. The number of hydrogen-bond donors (Lipinski definition) is 1. The van der Waals surface area contributed by atoms with Crippen LogP contribution in [0.25, 0.3) is 5.65 Å². The molecule has 1 fully saturated rings. The van der Waals surface area contributed by atoms with E-state index in [1.807, 2.05) is 7.05 Å². The van der Waals surface area contributed by atoms with Crippen LogP contribution in [-0.2, 0) is 6.54 Å². The van der Waals surface area contributed by atoms with E-state index in [0.29, 0.717) is 6.04 Å². The van der Waals surface area contributed by atoms with Crippen LogP contribution in [-0.4, -0.2) is 40.5 Å². The van der Waals surface area contributed by atoms with Gasteiger partial charge in [0.25, 0.3) is 0 Å². The van der Waals surface area contributed by atoms with Gasteiger partial charge in [0.15, 0.2) is 0 Å². The fourth-order valence-electron chi connectivity index (χ4n) is 2.72. The van der Waals surface area contributed by atoms with Crippen molar-refractivity contribution in [2.75, 3.05) is 20.1 Å². The van der Waals surface area contributed by atoms with E-state index in [-0.39, 0.29) is 0 Å². The van der Waals surface area contributed by atoms with Gasteiger partial charge in [-0.3, -0.25) is 4.90 Å². The fraction of sp³-hybridized carbons (Fsp3) is 0.500. The van der Waals surface area contributed by atoms with E-state index in [9.17, 15) is 0 Å². The molecule has 2 aromatic rings. The molecule has 0 spiro atoms. The van der Waals surface area contributed by atoms with Crippen LogP contribution in [0.15, 0.2) is 24.5 Å². The number of hydrogen-bond acceptors (Lipinski definition) is 3.